The molecule has 40 heavy (non-hydrogen) atoms. The quantitative estimate of drug-likeness (QED) is 0.182. The molecule has 7 nitrogen and oxygen atoms in total. The van der Waals surface area contributed by atoms with Gasteiger partial charge in [-0.05, 0) is 94.3 Å². The van der Waals surface area contributed by atoms with E-state index in [1.165, 1.54) is 18.3 Å². The van der Waals surface area contributed by atoms with E-state index in [-0.39, 0.29) is 4.90 Å². The van der Waals surface area contributed by atoms with Crippen LogP contribution in [0.25, 0.3) is 5.69 Å². The molecule has 3 aromatic carbocycles. The van der Waals surface area contributed by atoms with Crippen LogP contribution in [0.15, 0.2) is 76.7 Å². The van der Waals surface area contributed by atoms with Gasteiger partial charge in [-0.15, -0.1) is 0 Å². The molecule has 1 amide bonds. The van der Waals surface area contributed by atoms with Gasteiger partial charge in [-0.1, -0.05) is 47.0 Å². The molecule has 0 atom stereocenters. The molecule has 1 aromatic heterocycles. The molecule has 0 spiro atoms. The minimum atomic E-state index is -4.03. The Morgan fingerprint density at radius 3 is 2.30 bits per heavy atom. The minimum absolute atomic E-state index is 0.0970. The largest absolute Gasteiger partial charge is 0.316 e. The molecular formula is C30H30Cl2N4O3S. The molecule has 0 aliphatic carbocycles. The van der Waals surface area contributed by atoms with E-state index in [2.05, 4.69) is 10.5 Å². The van der Waals surface area contributed by atoms with Crippen molar-refractivity contribution in [3.05, 3.63) is 110 Å². The van der Waals surface area contributed by atoms with Crippen molar-refractivity contribution in [2.45, 2.75) is 39.5 Å². The van der Waals surface area contributed by atoms with Crippen molar-refractivity contribution in [3.8, 4) is 5.69 Å². The van der Waals surface area contributed by atoms with Crippen LogP contribution in [0.3, 0.4) is 0 Å². The number of hydrazone groups is 1. The minimum Gasteiger partial charge on any atom is -0.316 e. The van der Waals surface area contributed by atoms with E-state index in [0.29, 0.717) is 15.7 Å². The lowest BCUT2D eigenvalue weighted by Gasteiger charge is -2.24. The van der Waals surface area contributed by atoms with Gasteiger partial charge in [-0.25, -0.2) is 13.8 Å². The Balaban J connectivity index is 1.58. The Bertz CT molecular complexity index is 1710. The van der Waals surface area contributed by atoms with E-state index in [1.54, 1.807) is 42.5 Å². The molecule has 0 bridgehead atoms. The molecule has 4 aromatic rings. The topological polar surface area (TPSA) is 83.8 Å². The SMILES string of the molecule is Cc1ccc(S(=O)(=O)N(CC(=O)N/N=C\c2cc(C)n(-c3cc(Cl)ccc3Cl)c2C)c2ccc(C)c(C)c2)cc1. The molecule has 0 radical (unpaired) electrons. The monoisotopic (exact) mass is 596 g/mol. The number of carbonyl (C=O) groups excluding carboxylic acids is 1. The second kappa shape index (κ2) is 11.9. The van der Waals surface area contributed by atoms with Gasteiger partial charge >= 0.3 is 0 Å². The molecule has 0 unspecified atom stereocenters. The van der Waals surface area contributed by atoms with Crippen LogP contribution < -0.4 is 9.73 Å². The summed E-state index contributed by atoms with van der Waals surface area (Å²) in [6.45, 7) is 9.10. The maximum Gasteiger partial charge on any atom is 0.264 e. The van der Waals surface area contributed by atoms with Crippen molar-refractivity contribution in [1.29, 1.82) is 0 Å². The van der Waals surface area contributed by atoms with Gasteiger partial charge in [-0.3, -0.25) is 9.10 Å². The number of sulfonamides is 1. The Kier molecular flexibility index (Phi) is 8.73. The maximum atomic E-state index is 13.6. The van der Waals surface area contributed by atoms with E-state index >= 15 is 0 Å². The second-order valence-corrected chi connectivity index (χ2v) is 12.4. The first-order chi connectivity index (χ1) is 18.9. The molecule has 1 N–H and O–H groups in total. The molecular weight excluding hydrogens is 567 g/mol. The van der Waals surface area contributed by atoms with Crippen LogP contribution in [-0.4, -0.2) is 31.7 Å². The van der Waals surface area contributed by atoms with Crippen molar-refractivity contribution < 1.29 is 13.2 Å². The summed E-state index contributed by atoms with van der Waals surface area (Å²) in [7, 11) is -4.03. The van der Waals surface area contributed by atoms with Gasteiger partial charge in [0.05, 0.1) is 27.5 Å². The molecule has 4 rings (SSSR count). The summed E-state index contributed by atoms with van der Waals surface area (Å²) in [5.74, 6) is -0.586. The van der Waals surface area contributed by atoms with Crippen molar-refractivity contribution in [1.82, 2.24) is 9.99 Å². The van der Waals surface area contributed by atoms with Gasteiger partial charge in [0.15, 0.2) is 0 Å². The number of hydrogen-bond donors (Lipinski definition) is 1. The summed E-state index contributed by atoms with van der Waals surface area (Å²) < 4.78 is 30.3. The van der Waals surface area contributed by atoms with E-state index < -0.39 is 22.5 Å². The Morgan fingerprint density at radius 2 is 1.62 bits per heavy atom. The molecule has 0 saturated heterocycles. The number of aryl methyl sites for hydroxylation is 4. The molecule has 0 fully saturated rings. The molecule has 0 aliphatic heterocycles. The summed E-state index contributed by atoms with van der Waals surface area (Å²) >= 11 is 12.6. The smallest absolute Gasteiger partial charge is 0.264 e. The van der Waals surface area contributed by atoms with Gasteiger partial charge < -0.3 is 4.57 Å². The molecule has 0 aliphatic rings. The lowest BCUT2D eigenvalue weighted by molar-refractivity contribution is -0.119. The number of carbonyl (C=O) groups is 1. The molecule has 10 heteroatoms. The van der Waals surface area contributed by atoms with Crippen LogP contribution in [0.1, 0.15) is 33.6 Å². The first-order valence-corrected chi connectivity index (χ1v) is 14.7. The number of hydrogen-bond acceptors (Lipinski definition) is 4. The van der Waals surface area contributed by atoms with Crippen LogP contribution in [0.2, 0.25) is 10.0 Å². The fourth-order valence-corrected chi connectivity index (χ4v) is 6.10. The highest BCUT2D eigenvalue weighted by atomic mass is 35.5. The number of amides is 1. The van der Waals surface area contributed by atoms with Crippen molar-refractivity contribution in [2.24, 2.45) is 5.10 Å². The predicted octanol–water partition coefficient (Wildman–Crippen LogP) is 6.67. The van der Waals surface area contributed by atoms with Gasteiger partial charge in [0.2, 0.25) is 0 Å². The summed E-state index contributed by atoms with van der Waals surface area (Å²) in [6.07, 6.45) is 1.52. The van der Waals surface area contributed by atoms with E-state index in [0.717, 1.165) is 43.6 Å². The fourth-order valence-electron chi connectivity index (χ4n) is 4.32. The summed E-state index contributed by atoms with van der Waals surface area (Å²) in [5.41, 5.74) is 8.97. The number of anilines is 1. The number of rotatable bonds is 8. The third-order valence-corrected chi connectivity index (χ3v) is 9.03. The predicted molar refractivity (Wildman–Crippen MR) is 163 cm³/mol. The van der Waals surface area contributed by atoms with Crippen molar-refractivity contribution >= 4 is 51.0 Å². The van der Waals surface area contributed by atoms with Crippen LogP contribution in [0, 0.1) is 34.6 Å². The maximum absolute atomic E-state index is 13.6. The number of benzene rings is 3. The van der Waals surface area contributed by atoms with Crippen LogP contribution in [-0.2, 0) is 14.8 Å². The number of nitrogens with zero attached hydrogens (tertiary/aromatic N) is 3. The summed E-state index contributed by atoms with van der Waals surface area (Å²) in [5, 5.41) is 5.22. The van der Waals surface area contributed by atoms with Crippen LogP contribution in [0.5, 0.6) is 0 Å². The van der Waals surface area contributed by atoms with Gasteiger partial charge in [0.25, 0.3) is 15.9 Å². The average Bonchev–Trinajstić information content (AvgIpc) is 3.18. The fraction of sp³-hybridized carbons (Fsp3) is 0.200. The zero-order chi connectivity index (χ0) is 29.2. The Hall–Kier alpha value is -3.59. The second-order valence-electron chi connectivity index (χ2n) is 9.64. The molecule has 1 heterocycles. The van der Waals surface area contributed by atoms with Gasteiger partial charge in [-0.2, -0.15) is 5.10 Å². The highest BCUT2D eigenvalue weighted by molar-refractivity contribution is 7.92. The first-order valence-electron chi connectivity index (χ1n) is 12.5. The highest BCUT2D eigenvalue weighted by Gasteiger charge is 2.27. The van der Waals surface area contributed by atoms with E-state index in [4.69, 9.17) is 23.2 Å². The third kappa shape index (κ3) is 6.25. The lowest BCUT2D eigenvalue weighted by Crippen LogP contribution is -2.39. The van der Waals surface area contributed by atoms with Crippen molar-refractivity contribution in [3.63, 3.8) is 0 Å². The Morgan fingerprint density at radius 1 is 0.925 bits per heavy atom. The average molecular weight is 598 g/mol. The highest BCUT2D eigenvalue weighted by Crippen LogP contribution is 2.29. The Labute approximate surface area is 245 Å². The van der Waals surface area contributed by atoms with Gasteiger partial charge in [0.1, 0.15) is 6.54 Å². The zero-order valence-corrected chi connectivity index (χ0v) is 25.2. The zero-order valence-electron chi connectivity index (χ0n) is 22.9. The number of halogens is 2. The van der Waals surface area contributed by atoms with Crippen LogP contribution in [0.4, 0.5) is 5.69 Å². The number of aromatic nitrogens is 1. The van der Waals surface area contributed by atoms with E-state index in [9.17, 15) is 13.2 Å². The van der Waals surface area contributed by atoms with Gasteiger partial charge in [0, 0.05) is 22.0 Å². The molecule has 208 valence electrons. The van der Waals surface area contributed by atoms with E-state index in [1.807, 2.05) is 51.3 Å². The van der Waals surface area contributed by atoms with Crippen LogP contribution >= 0.6 is 23.2 Å². The first kappa shape index (κ1) is 29.4. The standard InChI is InChI=1S/C30H30Cl2N4O3S/c1-19-6-11-27(12-7-19)40(38,39)35(26-10-8-20(2)21(3)14-26)18-30(37)34-33-17-24-15-22(4)36(23(24)5)29-16-25(31)9-13-28(29)32/h6-17H,18H2,1-5H3,(H,34,37)/b33-17-. The summed E-state index contributed by atoms with van der Waals surface area (Å²) in [4.78, 5) is 13.1. The normalized spacial score (nSPS) is 11.7. The van der Waals surface area contributed by atoms with Crippen molar-refractivity contribution in [2.75, 3.05) is 10.8 Å². The summed E-state index contributed by atoms with van der Waals surface area (Å²) in [6, 6.07) is 19.0. The number of nitrogens with one attached hydrogen (secondary N) is 1. The third-order valence-electron chi connectivity index (χ3n) is 6.69. The molecule has 0 saturated carbocycles. The lowest BCUT2D eigenvalue weighted by atomic mass is 10.1.